The van der Waals surface area contributed by atoms with Crippen molar-refractivity contribution in [2.75, 3.05) is 25.1 Å². The normalized spacial score (nSPS) is 18.5. The summed E-state index contributed by atoms with van der Waals surface area (Å²) in [6.45, 7) is 2.31. The highest BCUT2D eigenvalue weighted by atomic mass is 35.5. The van der Waals surface area contributed by atoms with E-state index in [9.17, 15) is 4.79 Å². The summed E-state index contributed by atoms with van der Waals surface area (Å²) in [5.74, 6) is 2.91. The summed E-state index contributed by atoms with van der Waals surface area (Å²) in [6, 6.07) is 9.28. The molecule has 3 heterocycles. The van der Waals surface area contributed by atoms with E-state index in [0.717, 1.165) is 55.2 Å². The van der Waals surface area contributed by atoms with E-state index in [0.29, 0.717) is 29.3 Å². The number of pyridine rings is 1. The lowest BCUT2D eigenvalue weighted by molar-refractivity contribution is 0.0462. The Morgan fingerprint density at radius 1 is 1.08 bits per heavy atom. The predicted molar refractivity (Wildman–Crippen MR) is 143 cm³/mol. The largest absolute Gasteiger partial charge is 0.494 e. The first-order valence-corrected chi connectivity index (χ1v) is 13.7. The number of hydrogen-bond acceptors (Lipinski definition) is 6. The van der Waals surface area contributed by atoms with Gasteiger partial charge >= 0.3 is 0 Å². The van der Waals surface area contributed by atoms with Crippen molar-refractivity contribution in [1.82, 2.24) is 20.2 Å². The van der Waals surface area contributed by atoms with Gasteiger partial charge in [0.1, 0.15) is 17.4 Å². The molecule has 2 aliphatic rings. The molecule has 1 aliphatic carbocycles. The van der Waals surface area contributed by atoms with Crippen LogP contribution < -0.4 is 10.1 Å². The molecule has 1 amide bonds. The second-order valence-corrected chi connectivity index (χ2v) is 10.5. The number of ether oxygens (including phenoxy) is 2. The molecule has 0 radical (unpaired) electrons. The lowest BCUT2D eigenvalue weighted by atomic mass is 9.87. The topological polar surface area (TPSA) is 102 Å². The zero-order chi connectivity index (χ0) is 25.5. The molecule has 2 aromatic heterocycles. The average molecular weight is 524 g/mol. The smallest absolute Gasteiger partial charge is 0.294 e. The highest BCUT2D eigenvalue weighted by molar-refractivity contribution is 6.33. The Morgan fingerprint density at radius 3 is 2.78 bits per heavy atom. The van der Waals surface area contributed by atoms with Crippen molar-refractivity contribution in [3.63, 3.8) is 0 Å². The quantitative estimate of drug-likeness (QED) is 0.352. The summed E-state index contributed by atoms with van der Waals surface area (Å²) in [7, 11) is 0. The Balaban J connectivity index is 1.20. The van der Waals surface area contributed by atoms with Crippen LogP contribution in [0.25, 0.3) is 11.1 Å². The minimum atomic E-state index is -0.373. The Bertz CT molecular complexity index is 1190. The Morgan fingerprint density at radius 2 is 1.95 bits per heavy atom. The second kappa shape index (κ2) is 12.5. The molecule has 1 saturated carbocycles. The maximum Gasteiger partial charge on any atom is 0.294 e. The van der Waals surface area contributed by atoms with Crippen molar-refractivity contribution in [1.29, 1.82) is 0 Å². The molecule has 1 unspecified atom stereocenters. The minimum Gasteiger partial charge on any atom is -0.494 e. The van der Waals surface area contributed by atoms with E-state index in [4.69, 9.17) is 21.1 Å². The number of benzene rings is 1. The summed E-state index contributed by atoms with van der Waals surface area (Å²) in [5.41, 5.74) is 1.64. The van der Waals surface area contributed by atoms with Crippen molar-refractivity contribution in [2.45, 2.75) is 57.8 Å². The molecule has 5 rings (SSSR count). The summed E-state index contributed by atoms with van der Waals surface area (Å²) in [4.78, 5) is 20.2. The molecule has 3 aromatic rings. The molecule has 1 saturated heterocycles. The zero-order valence-corrected chi connectivity index (χ0v) is 21.8. The van der Waals surface area contributed by atoms with Crippen LogP contribution in [0.5, 0.6) is 5.75 Å². The van der Waals surface area contributed by atoms with Crippen LogP contribution in [0.2, 0.25) is 5.02 Å². The van der Waals surface area contributed by atoms with Crippen LogP contribution in [0.15, 0.2) is 36.5 Å². The Kier molecular flexibility index (Phi) is 8.68. The standard InChI is InChI=1S/C28H34ClN5O3/c29-24-9-8-22(37-14-11-20-7-4-13-36-18-20)17-23(24)21-10-12-30-25(16-21)32-28(35)27-31-26(33-34-27)15-19-5-2-1-3-6-19/h8-10,12,16-17,19-20H,1-7,11,13-15,18H2,(H,30,32,35)(H,31,33,34). The number of halogens is 1. The van der Waals surface area contributed by atoms with Gasteiger partial charge in [-0.1, -0.05) is 43.7 Å². The van der Waals surface area contributed by atoms with Gasteiger partial charge in [0.05, 0.1) is 6.61 Å². The maximum atomic E-state index is 12.8. The van der Waals surface area contributed by atoms with Gasteiger partial charge in [-0.15, -0.1) is 10.2 Å². The Hall–Kier alpha value is -2.97. The van der Waals surface area contributed by atoms with E-state index in [2.05, 4.69) is 25.5 Å². The number of nitrogens with one attached hydrogen (secondary N) is 2. The number of amides is 1. The van der Waals surface area contributed by atoms with Crippen molar-refractivity contribution < 1.29 is 14.3 Å². The SMILES string of the molecule is O=C(Nc1cc(-c2cc(OCCC3CCCOC3)ccc2Cl)ccn1)c1nnc(CC2CCCCC2)[nH]1. The van der Waals surface area contributed by atoms with E-state index in [1.807, 2.05) is 24.3 Å². The molecule has 2 N–H and O–H groups in total. The lowest BCUT2D eigenvalue weighted by Crippen LogP contribution is -2.19. The second-order valence-electron chi connectivity index (χ2n) is 10.1. The maximum absolute atomic E-state index is 12.8. The van der Waals surface area contributed by atoms with Crippen LogP contribution in [0.1, 0.15) is 67.8 Å². The fraction of sp³-hybridized carbons (Fsp3) is 0.500. The fourth-order valence-electron chi connectivity index (χ4n) is 5.19. The van der Waals surface area contributed by atoms with Gasteiger partial charge in [-0.2, -0.15) is 0 Å². The number of anilines is 1. The van der Waals surface area contributed by atoms with Gasteiger partial charge in [0.15, 0.2) is 0 Å². The van der Waals surface area contributed by atoms with Crippen molar-refractivity contribution in [2.24, 2.45) is 11.8 Å². The Labute approximate surface area is 222 Å². The van der Waals surface area contributed by atoms with Gasteiger partial charge in [0.2, 0.25) is 5.82 Å². The molecule has 196 valence electrons. The van der Waals surface area contributed by atoms with Crippen LogP contribution in [0.4, 0.5) is 5.82 Å². The average Bonchev–Trinajstić information content (AvgIpc) is 3.40. The van der Waals surface area contributed by atoms with Crippen LogP contribution in [-0.4, -0.2) is 45.9 Å². The first-order valence-electron chi connectivity index (χ1n) is 13.3. The molecular formula is C28H34ClN5O3. The van der Waals surface area contributed by atoms with E-state index >= 15 is 0 Å². The fourth-order valence-corrected chi connectivity index (χ4v) is 5.42. The van der Waals surface area contributed by atoms with Crippen LogP contribution in [0.3, 0.4) is 0 Å². The van der Waals surface area contributed by atoms with Crippen molar-refractivity contribution >= 4 is 23.3 Å². The summed E-state index contributed by atoms with van der Waals surface area (Å²) in [5, 5.41) is 11.7. The molecule has 37 heavy (non-hydrogen) atoms. The van der Waals surface area contributed by atoms with Crippen LogP contribution in [-0.2, 0) is 11.2 Å². The summed E-state index contributed by atoms with van der Waals surface area (Å²) >= 11 is 6.52. The van der Waals surface area contributed by atoms with E-state index in [1.165, 1.54) is 38.5 Å². The molecule has 0 spiro atoms. The van der Waals surface area contributed by atoms with Gasteiger partial charge in [-0.05, 0) is 67.0 Å². The molecular weight excluding hydrogens is 490 g/mol. The van der Waals surface area contributed by atoms with Gasteiger partial charge in [-0.25, -0.2) is 4.98 Å². The van der Waals surface area contributed by atoms with Crippen molar-refractivity contribution in [3.8, 4) is 16.9 Å². The van der Waals surface area contributed by atoms with Gasteiger partial charge in [0.25, 0.3) is 5.91 Å². The number of carbonyl (C=O) groups excluding carboxylic acids is 1. The van der Waals surface area contributed by atoms with Crippen LogP contribution >= 0.6 is 11.6 Å². The number of hydrogen-bond donors (Lipinski definition) is 2. The summed E-state index contributed by atoms with van der Waals surface area (Å²) < 4.78 is 11.6. The molecule has 1 aromatic carbocycles. The van der Waals surface area contributed by atoms with Crippen molar-refractivity contribution in [3.05, 3.63) is 53.2 Å². The number of rotatable bonds is 9. The highest BCUT2D eigenvalue weighted by Gasteiger charge is 2.19. The third-order valence-electron chi connectivity index (χ3n) is 7.26. The third-order valence-corrected chi connectivity index (χ3v) is 7.58. The predicted octanol–water partition coefficient (Wildman–Crippen LogP) is 6.09. The van der Waals surface area contributed by atoms with E-state index < -0.39 is 0 Å². The minimum absolute atomic E-state index is 0.190. The number of nitrogens with zero attached hydrogens (tertiary/aromatic N) is 3. The number of aromatic nitrogens is 4. The summed E-state index contributed by atoms with van der Waals surface area (Å²) in [6.07, 6.45) is 12.0. The van der Waals surface area contributed by atoms with Gasteiger partial charge < -0.3 is 19.8 Å². The lowest BCUT2D eigenvalue weighted by Gasteiger charge is -2.22. The number of aromatic amines is 1. The zero-order valence-electron chi connectivity index (χ0n) is 21.0. The molecule has 1 atom stereocenters. The van der Waals surface area contributed by atoms with E-state index in [1.54, 1.807) is 12.3 Å². The molecule has 2 fully saturated rings. The van der Waals surface area contributed by atoms with Crippen LogP contribution in [0, 0.1) is 11.8 Å². The first kappa shape index (κ1) is 25.7. The molecule has 1 aliphatic heterocycles. The third kappa shape index (κ3) is 7.08. The number of H-pyrrole nitrogens is 1. The van der Waals surface area contributed by atoms with E-state index in [-0.39, 0.29) is 11.7 Å². The first-order chi connectivity index (χ1) is 18.1. The van der Waals surface area contributed by atoms with Gasteiger partial charge in [-0.3, -0.25) is 4.79 Å². The molecule has 8 nitrogen and oxygen atoms in total. The monoisotopic (exact) mass is 523 g/mol. The molecule has 9 heteroatoms. The molecule has 0 bridgehead atoms. The highest BCUT2D eigenvalue weighted by Crippen LogP contribution is 2.33. The number of carbonyl (C=O) groups is 1. The van der Waals surface area contributed by atoms with Gasteiger partial charge in [0, 0.05) is 36.4 Å².